The molecule has 1 saturated heterocycles. The lowest BCUT2D eigenvalue weighted by Crippen LogP contribution is -2.34. The molecule has 0 spiro atoms. The van der Waals surface area contributed by atoms with Gasteiger partial charge in [0.2, 0.25) is 0 Å². The van der Waals surface area contributed by atoms with Gasteiger partial charge in [-0.05, 0) is 39.4 Å². The Morgan fingerprint density at radius 3 is 2.84 bits per heavy atom. The quantitative estimate of drug-likeness (QED) is 0.857. The summed E-state index contributed by atoms with van der Waals surface area (Å²) in [4.78, 5) is 2.35. The maximum absolute atomic E-state index is 5.95. The summed E-state index contributed by atoms with van der Waals surface area (Å²) in [5, 5.41) is 3.32. The smallest absolute Gasteiger partial charge is 0.130 e. The lowest BCUT2D eigenvalue weighted by Gasteiger charge is -2.28. The molecular weight excluding hydrogens is 240 g/mol. The Balaban J connectivity index is 1.79. The molecular formula is C15H26N2O2. The van der Waals surface area contributed by atoms with E-state index >= 15 is 0 Å². The number of piperidine rings is 1. The van der Waals surface area contributed by atoms with Crippen LogP contribution in [-0.2, 0) is 17.9 Å². The molecule has 0 radical (unpaired) electrons. The van der Waals surface area contributed by atoms with Crippen LogP contribution in [0.1, 0.15) is 36.8 Å². The van der Waals surface area contributed by atoms with Gasteiger partial charge in [0.05, 0.1) is 6.10 Å². The predicted molar refractivity (Wildman–Crippen MR) is 76.1 cm³/mol. The first-order chi connectivity index (χ1) is 9.19. The van der Waals surface area contributed by atoms with Crippen molar-refractivity contribution < 1.29 is 9.15 Å². The minimum atomic E-state index is 0.388. The van der Waals surface area contributed by atoms with Crippen LogP contribution in [0, 0.1) is 6.92 Å². The molecule has 0 unspecified atom stereocenters. The SMILES string of the molecule is CCNCc1cc(COC2CCN(C)CC2)oc1C. The first-order valence-corrected chi connectivity index (χ1v) is 7.28. The van der Waals surface area contributed by atoms with Crippen molar-refractivity contribution in [1.82, 2.24) is 10.2 Å². The molecule has 2 heterocycles. The third kappa shape index (κ3) is 4.34. The van der Waals surface area contributed by atoms with Gasteiger partial charge >= 0.3 is 0 Å². The lowest BCUT2D eigenvalue weighted by molar-refractivity contribution is -0.00500. The number of likely N-dealkylation sites (tertiary alicyclic amines) is 1. The molecule has 0 atom stereocenters. The van der Waals surface area contributed by atoms with Crippen molar-refractivity contribution >= 4 is 0 Å². The minimum absolute atomic E-state index is 0.388. The Bertz CT molecular complexity index is 381. The number of nitrogens with zero attached hydrogens (tertiary/aromatic N) is 1. The van der Waals surface area contributed by atoms with Crippen LogP contribution in [0.25, 0.3) is 0 Å². The van der Waals surface area contributed by atoms with E-state index in [-0.39, 0.29) is 0 Å². The van der Waals surface area contributed by atoms with Gasteiger partial charge in [-0.3, -0.25) is 0 Å². The van der Waals surface area contributed by atoms with Crippen LogP contribution < -0.4 is 5.32 Å². The average Bonchev–Trinajstić information content (AvgIpc) is 2.76. The largest absolute Gasteiger partial charge is 0.464 e. The van der Waals surface area contributed by atoms with Crippen LogP contribution in [0.3, 0.4) is 0 Å². The van der Waals surface area contributed by atoms with Crippen molar-refractivity contribution in [3.63, 3.8) is 0 Å². The van der Waals surface area contributed by atoms with Crippen molar-refractivity contribution in [1.29, 1.82) is 0 Å². The van der Waals surface area contributed by atoms with Crippen LogP contribution in [0.4, 0.5) is 0 Å². The minimum Gasteiger partial charge on any atom is -0.464 e. The maximum Gasteiger partial charge on any atom is 0.130 e. The van der Waals surface area contributed by atoms with Gasteiger partial charge in [-0.25, -0.2) is 0 Å². The van der Waals surface area contributed by atoms with Crippen LogP contribution in [0.15, 0.2) is 10.5 Å². The number of hydrogen-bond donors (Lipinski definition) is 1. The fraction of sp³-hybridized carbons (Fsp3) is 0.733. The molecule has 1 aromatic rings. The Morgan fingerprint density at radius 1 is 1.42 bits per heavy atom. The van der Waals surface area contributed by atoms with E-state index in [0.29, 0.717) is 12.7 Å². The van der Waals surface area contributed by atoms with E-state index in [0.717, 1.165) is 50.5 Å². The number of furan rings is 1. The highest BCUT2D eigenvalue weighted by atomic mass is 16.5. The van der Waals surface area contributed by atoms with E-state index in [1.165, 1.54) is 5.56 Å². The van der Waals surface area contributed by atoms with Crippen LogP contribution in [0.2, 0.25) is 0 Å². The molecule has 1 aliphatic rings. The van der Waals surface area contributed by atoms with Crippen LogP contribution in [0.5, 0.6) is 0 Å². The Labute approximate surface area is 116 Å². The van der Waals surface area contributed by atoms with Crippen molar-refractivity contribution in [3.05, 3.63) is 23.2 Å². The molecule has 0 bridgehead atoms. The summed E-state index contributed by atoms with van der Waals surface area (Å²) in [6.45, 7) is 8.85. The normalized spacial score (nSPS) is 18.1. The zero-order chi connectivity index (χ0) is 13.7. The summed E-state index contributed by atoms with van der Waals surface area (Å²) >= 11 is 0. The van der Waals surface area contributed by atoms with E-state index in [4.69, 9.17) is 9.15 Å². The third-order valence-electron chi connectivity index (χ3n) is 3.76. The van der Waals surface area contributed by atoms with Crippen molar-refractivity contribution in [2.45, 2.75) is 45.9 Å². The first-order valence-electron chi connectivity index (χ1n) is 7.28. The Hall–Kier alpha value is -0.840. The summed E-state index contributed by atoms with van der Waals surface area (Å²) < 4.78 is 11.7. The highest BCUT2D eigenvalue weighted by Gasteiger charge is 2.17. The molecule has 4 nitrogen and oxygen atoms in total. The average molecular weight is 266 g/mol. The fourth-order valence-electron chi connectivity index (χ4n) is 2.45. The summed E-state index contributed by atoms with van der Waals surface area (Å²) in [7, 11) is 2.17. The van der Waals surface area contributed by atoms with Crippen LogP contribution in [-0.4, -0.2) is 37.7 Å². The summed E-state index contributed by atoms with van der Waals surface area (Å²) in [5.41, 5.74) is 1.24. The molecule has 1 fully saturated rings. The zero-order valence-corrected chi connectivity index (χ0v) is 12.4. The fourth-order valence-corrected chi connectivity index (χ4v) is 2.45. The Morgan fingerprint density at radius 2 is 2.16 bits per heavy atom. The second-order valence-electron chi connectivity index (χ2n) is 5.39. The zero-order valence-electron chi connectivity index (χ0n) is 12.4. The van der Waals surface area contributed by atoms with Gasteiger partial charge in [0.25, 0.3) is 0 Å². The van der Waals surface area contributed by atoms with Crippen LogP contribution >= 0.6 is 0 Å². The van der Waals surface area contributed by atoms with E-state index in [1.54, 1.807) is 0 Å². The van der Waals surface area contributed by atoms with Gasteiger partial charge in [0.1, 0.15) is 18.1 Å². The van der Waals surface area contributed by atoms with Gasteiger partial charge in [-0.2, -0.15) is 0 Å². The first kappa shape index (κ1) is 14.6. The summed E-state index contributed by atoms with van der Waals surface area (Å²) in [6.07, 6.45) is 2.64. The van der Waals surface area contributed by atoms with E-state index in [1.807, 2.05) is 6.92 Å². The second-order valence-corrected chi connectivity index (χ2v) is 5.39. The third-order valence-corrected chi connectivity index (χ3v) is 3.76. The molecule has 19 heavy (non-hydrogen) atoms. The molecule has 2 rings (SSSR count). The monoisotopic (exact) mass is 266 g/mol. The van der Waals surface area contributed by atoms with Gasteiger partial charge in [0, 0.05) is 25.2 Å². The molecule has 0 aromatic carbocycles. The Kier molecular flexibility index (Phi) is 5.43. The highest BCUT2D eigenvalue weighted by Crippen LogP contribution is 2.18. The molecule has 1 aliphatic heterocycles. The predicted octanol–water partition coefficient (Wildman–Crippen LogP) is 2.31. The maximum atomic E-state index is 5.95. The van der Waals surface area contributed by atoms with Gasteiger partial charge in [-0.1, -0.05) is 6.92 Å². The molecule has 0 saturated carbocycles. The van der Waals surface area contributed by atoms with Crippen molar-refractivity contribution in [2.24, 2.45) is 0 Å². The molecule has 0 aliphatic carbocycles. The summed E-state index contributed by atoms with van der Waals surface area (Å²) in [5.74, 6) is 1.95. The number of aryl methyl sites for hydroxylation is 1. The highest BCUT2D eigenvalue weighted by molar-refractivity contribution is 5.20. The second kappa shape index (κ2) is 7.08. The standard InChI is InChI=1S/C15H26N2O2/c1-4-16-10-13-9-15(19-12(13)2)11-18-14-5-7-17(3)8-6-14/h9,14,16H,4-8,10-11H2,1-3H3. The number of nitrogens with one attached hydrogen (secondary N) is 1. The molecule has 1 N–H and O–H groups in total. The van der Waals surface area contributed by atoms with Gasteiger partial charge < -0.3 is 19.4 Å². The molecule has 1 aromatic heterocycles. The van der Waals surface area contributed by atoms with E-state index in [2.05, 4.69) is 30.3 Å². The number of hydrogen-bond acceptors (Lipinski definition) is 4. The topological polar surface area (TPSA) is 37.6 Å². The van der Waals surface area contributed by atoms with E-state index in [9.17, 15) is 0 Å². The van der Waals surface area contributed by atoms with E-state index < -0.39 is 0 Å². The molecule has 108 valence electrons. The van der Waals surface area contributed by atoms with Crippen molar-refractivity contribution in [2.75, 3.05) is 26.7 Å². The number of rotatable bonds is 6. The van der Waals surface area contributed by atoms with Crippen molar-refractivity contribution in [3.8, 4) is 0 Å². The van der Waals surface area contributed by atoms with Gasteiger partial charge in [-0.15, -0.1) is 0 Å². The lowest BCUT2D eigenvalue weighted by atomic mass is 10.1. The van der Waals surface area contributed by atoms with Gasteiger partial charge in [0.15, 0.2) is 0 Å². The number of ether oxygens (including phenoxy) is 1. The molecule has 0 amide bonds. The summed E-state index contributed by atoms with van der Waals surface area (Å²) in [6, 6.07) is 2.12. The molecule has 4 heteroatoms.